The molecule has 2 aromatic carbocycles. The van der Waals surface area contributed by atoms with E-state index in [1.165, 1.54) is 6.92 Å². The molecule has 0 bridgehead atoms. The fourth-order valence-electron chi connectivity index (χ4n) is 2.18. The molecule has 5 nitrogen and oxygen atoms in total. The predicted octanol–water partition coefficient (Wildman–Crippen LogP) is 3.14. The van der Waals surface area contributed by atoms with Crippen molar-refractivity contribution in [2.45, 2.75) is 13.0 Å². The quantitative estimate of drug-likeness (QED) is 0.933. The number of amides is 1. The summed E-state index contributed by atoms with van der Waals surface area (Å²) < 4.78 is 42.5. The van der Waals surface area contributed by atoms with Crippen LogP contribution in [0.3, 0.4) is 0 Å². The van der Waals surface area contributed by atoms with Gasteiger partial charge in [0.05, 0.1) is 0 Å². The van der Waals surface area contributed by atoms with Gasteiger partial charge in [-0.3, -0.25) is 4.79 Å². The number of ether oxygens (including phenoxy) is 3. The zero-order valence-corrected chi connectivity index (χ0v) is 12.8. The van der Waals surface area contributed by atoms with Crippen LogP contribution in [-0.2, 0) is 4.79 Å². The molecule has 0 aromatic heterocycles. The zero-order valence-electron chi connectivity index (χ0n) is 12.8. The fourth-order valence-corrected chi connectivity index (χ4v) is 2.18. The number of carbonyl (C=O) groups excluding carboxylic acids is 1. The Bertz CT molecular complexity index is 766. The lowest BCUT2D eigenvalue weighted by Crippen LogP contribution is -2.30. The van der Waals surface area contributed by atoms with Crippen LogP contribution < -0.4 is 19.5 Å². The van der Waals surface area contributed by atoms with Crippen molar-refractivity contribution in [3.63, 3.8) is 0 Å². The molecule has 24 heavy (non-hydrogen) atoms. The molecule has 0 saturated heterocycles. The molecule has 0 fully saturated rings. The van der Waals surface area contributed by atoms with E-state index < -0.39 is 23.6 Å². The summed E-state index contributed by atoms with van der Waals surface area (Å²) in [5.74, 6) is -1.10. The van der Waals surface area contributed by atoms with Gasteiger partial charge in [-0.2, -0.15) is 0 Å². The molecule has 1 aliphatic heterocycles. The lowest BCUT2D eigenvalue weighted by Gasteiger charge is -2.20. The molecular formula is C17H15F2NO4. The number of benzene rings is 2. The molecule has 0 saturated carbocycles. The third-order valence-corrected chi connectivity index (χ3v) is 3.38. The average Bonchev–Trinajstić information content (AvgIpc) is 2.57. The maximum atomic E-state index is 13.6. The highest BCUT2D eigenvalue weighted by Gasteiger charge is 2.18. The summed E-state index contributed by atoms with van der Waals surface area (Å²) in [5.41, 5.74) is 0.499. The van der Waals surface area contributed by atoms with Crippen LogP contribution in [0.5, 0.6) is 17.2 Å². The molecule has 0 unspecified atom stereocenters. The number of hydrogen-bond acceptors (Lipinski definition) is 4. The van der Waals surface area contributed by atoms with E-state index in [0.717, 1.165) is 12.1 Å². The second-order valence-electron chi connectivity index (χ2n) is 5.18. The number of carbonyl (C=O) groups is 1. The summed E-state index contributed by atoms with van der Waals surface area (Å²) >= 11 is 0. The molecule has 0 aliphatic carbocycles. The minimum Gasteiger partial charge on any atom is -0.486 e. The summed E-state index contributed by atoms with van der Waals surface area (Å²) in [5, 5.41) is 2.65. The Kier molecular flexibility index (Phi) is 4.50. The van der Waals surface area contributed by atoms with Gasteiger partial charge in [0.15, 0.2) is 29.2 Å². The predicted molar refractivity (Wildman–Crippen MR) is 82.5 cm³/mol. The summed E-state index contributed by atoms with van der Waals surface area (Å²) in [4.78, 5) is 12.2. The van der Waals surface area contributed by atoms with E-state index in [1.807, 2.05) is 0 Å². The number of nitrogens with one attached hydrogen (secondary N) is 1. The molecule has 2 aromatic rings. The summed E-state index contributed by atoms with van der Waals surface area (Å²) in [6.45, 7) is 2.39. The van der Waals surface area contributed by atoms with E-state index in [-0.39, 0.29) is 5.75 Å². The minimum atomic E-state index is -0.974. The zero-order chi connectivity index (χ0) is 17.1. The monoisotopic (exact) mass is 335 g/mol. The van der Waals surface area contributed by atoms with E-state index in [0.29, 0.717) is 36.5 Å². The van der Waals surface area contributed by atoms with Crippen LogP contribution >= 0.6 is 0 Å². The van der Waals surface area contributed by atoms with Crippen LogP contribution in [-0.4, -0.2) is 25.2 Å². The molecule has 7 heteroatoms. The Hall–Kier alpha value is -2.83. The molecule has 0 spiro atoms. The van der Waals surface area contributed by atoms with E-state index in [9.17, 15) is 13.6 Å². The molecule has 126 valence electrons. The smallest absolute Gasteiger partial charge is 0.265 e. The van der Waals surface area contributed by atoms with Crippen LogP contribution in [0.15, 0.2) is 36.4 Å². The molecule has 3 rings (SSSR count). The van der Waals surface area contributed by atoms with Crippen LogP contribution in [0.4, 0.5) is 14.5 Å². The Morgan fingerprint density at radius 1 is 1.12 bits per heavy atom. The van der Waals surface area contributed by atoms with Gasteiger partial charge in [-0.15, -0.1) is 0 Å². The largest absolute Gasteiger partial charge is 0.486 e. The number of fused-ring (bicyclic) bond motifs is 1. The minimum absolute atomic E-state index is 0.193. The van der Waals surface area contributed by atoms with Crippen molar-refractivity contribution in [1.82, 2.24) is 0 Å². The first-order chi connectivity index (χ1) is 11.5. The topological polar surface area (TPSA) is 56.8 Å². The number of anilines is 1. The van der Waals surface area contributed by atoms with Gasteiger partial charge >= 0.3 is 0 Å². The average molecular weight is 335 g/mol. The van der Waals surface area contributed by atoms with E-state index in [1.54, 1.807) is 18.2 Å². The third kappa shape index (κ3) is 3.56. The molecular weight excluding hydrogens is 320 g/mol. The van der Waals surface area contributed by atoms with Crippen LogP contribution in [0.2, 0.25) is 0 Å². The second kappa shape index (κ2) is 6.74. The summed E-state index contributed by atoms with van der Waals surface area (Å²) in [6, 6.07) is 7.88. The Morgan fingerprint density at radius 2 is 1.88 bits per heavy atom. The van der Waals surface area contributed by atoms with E-state index in [4.69, 9.17) is 14.2 Å². The van der Waals surface area contributed by atoms with Gasteiger partial charge in [0.1, 0.15) is 19.0 Å². The molecule has 1 heterocycles. The Labute approximate surface area is 137 Å². The lowest BCUT2D eigenvalue weighted by atomic mass is 10.2. The van der Waals surface area contributed by atoms with Crippen molar-refractivity contribution < 1.29 is 27.8 Å². The Morgan fingerprint density at radius 3 is 2.62 bits per heavy atom. The standard InChI is InChI=1S/C17H15F2NO4/c1-10(24-14-4-2-11(18)8-13(14)19)17(21)20-12-3-5-15-16(9-12)23-7-6-22-15/h2-5,8-10H,6-7H2,1H3,(H,20,21)/t10-/m1/s1. The second-order valence-corrected chi connectivity index (χ2v) is 5.18. The first-order valence-corrected chi connectivity index (χ1v) is 7.35. The summed E-state index contributed by atoms with van der Waals surface area (Å²) in [7, 11) is 0. The van der Waals surface area contributed by atoms with Gasteiger partial charge in [-0.1, -0.05) is 0 Å². The van der Waals surface area contributed by atoms with Crippen molar-refractivity contribution in [2.75, 3.05) is 18.5 Å². The Balaban J connectivity index is 1.65. The molecule has 1 amide bonds. The van der Waals surface area contributed by atoms with Gasteiger partial charge in [-0.25, -0.2) is 8.78 Å². The van der Waals surface area contributed by atoms with Crippen LogP contribution in [0, 0.1) is 11.6 Å². The highest BCUT2D eigenvalue weighted by Crippen LogP contribution is 2.32. The van der Waals surface area contributed by atoms with Gasteiger partial charge in [-0.05, 0) is 31.2 Å². The van der Waals surface area contributed by atoms with Gasteiger partial charge in [0.2, 0.25) is 0 Å². The SMILES string of the molecule is C[C@@H](Oc1ccc(F)cc1F)C(=O)Nc1ccc2c(c1)OCCO2. The maximum absolute atomic E-state index is 13.6. The van der Waals surface area contributed by atoms with E-state index in [2.05, 4.69) is 5.32 Å². The van der Waals surface area contributed by atoms with Crippen LogP contribution in [0.25, 0.3) is 0 Å². The number of rotatable bonds is 4. The van der Waals surface area contributed by atoms with Crippen molar-refractivity contribution in [3.05, 3.63) is 48.0 Å². The van der Waals surface area contributed by atoms with Crippen molar-refractivity contribution in [2.24, 2.45) is 0 Å². The number of hydrogen-bond donors (Lipinski definition) is 1. The molecule has 0 radical (unpaired) electrons. The van der Waals surface area contributed by atoms with Crippen molar-refractivity contribution in [3.8, 4) is 17.2 Å². The first-order valence-electron chi connectivity index (χ1n) is 7.35. The van der Waals surface area contributed by atoms with Crippen LogP contribution in [0.1, 0.15) is 6.92 Å². The van der Waals surface area contributed by atoms with Gasteiger partial charge in [0.25, 0.3) is 5.91 Å². The maximum Gasteiger partial charge on any atom is 0.265 e. The normalized spacial score (nSPS) is 14.0. The highest BCUT2D eigenvalue weighted by molar-refractivity contribution is 5.94. The first kappa shape index (κ1) is 16.0. The lowest BCUT2D eigenvalue weighted by molar-refractivity contribution is -0.122. The van der Waals surface area contributed by atoms with E-state index >= 15 is 0 Å². The fraction of sp³-hybridized carbons (Fsp3) is 0.235. The third-order valence-electron chi connectivity index (χ3n) is 3.38. The molecule has 1 aliphatic rings. The van der Waals surface area contributed by atoms with Crippen molar-refractivity contribution in [1.29, 1.82) is 0 Å². The highest BCUT2D eigenvalue weighted by atomic mass is 19.1. The van der Waals surface area contributed by atoms with Crippen molar-refractivity contribution >= 4 is 11.6 Å². The van der Waals surface area contributed by atoms with Gasteiger partial charge < -0.3 is 19.5 Å². The number of halogens is 2. The van der Waals surface area contributed by atoms with Gasteiger partial charge in [0, 0.05) is 17.8 Å². The molecule has 1 atom stereocenters. The molecule has 1 N–H and O–H groups in total. The summed E-state index contributed by atoms with van der Waals surface area (Å²) in [6.07, 6.45) is -0.974.